The Morgan fingerprint density at radius 2 is 2.06 bits per heavy atom. The number of aliphatic hydroxyl groups is 3. The molecule has 4 heteroatoms. The molecule has 104 valence electrons. The first kappa shape index (κ1) is 14.3. The van der Waals surface area contributed by atoms with E-state index in [1.165, 1.54) is 0 Å². The predicted octanol–water partition coefficient (Wildman–Crippen LogP) is 1.55. The molecule has 2 aliphatic carbocycles. The van der Waals surface area contributed by atoms with Gasteiger partial charge in [0.15, 0.2) is 0 Å². The first-order valence-corrected chi connectivity index (χ1v) is 7.06. The van der Waals surface area contributed by atoms with Gasteiger partial charge in [0.1, 0.15) is 0 Å². The number of allylic oxidation sites excluding steroid dienone is 1. The minimum Gasteiger partial charge on any atom is -0.392 e. The minimum atomic E-state index is -0.740. The van der Waals surface area contributed by atoms with Gasteiger partial charge in [-0.1, -0.05) is 26.8 Å². The Hall–Kier alpha value is -0.0900. The molecule has 0 radical (unpaired) electrons. The normalized spacial score (nSPS) is 43.7. The summed E-state index contributed by atoms with van der Waals surface area (Å²) in [7, 11) is 0. The number of aliphatic hydroxyl groups excluding tert-OH is 3. The summed E-state index contributed by atoms with van der Waals surface area (Å²) in [5.74, 6) is 0.285. The van der Waals surface area contributed by atoms with E-state index in [1.54, 1.807) is 0 Å². The molecule has 0 bridgehead atoms. The molecule has 0 aromatic rings. The molecule has 0 aromatic carbocycles. The highest BCUT2D eigenvalue weighted by molar-refractivity contribution is 6.18. The maximum Gasteiger partial charge on any atom is 0.0770 e. The predicted molar refractivity (Wildman–Crippen MR) is 71.4 cm³/mol. The summed E-state index contributed by atoms with van der Waals surface area (Å²) in [5, 5.41) is 30.3. The van der Waals surface area contributed by atoms with Gasteiger partial charge in [0.2, 0.25) is 0 Å². The van der Waals surface area contributed by atoms with Crippen molar-refractivity contribution in [2.24, 2.45) is 22.7 Å². The lowest BCUT2D eigenvalue weighted by atomic mass is 9.67. The quantitative estimate of drug-likeness (QED) is 0.541. The van der Waals surface area contributed by atoms with Crippen molar-refractivity contribution >= 4 is 11.6 Å². The van der Waals surface area contributed by atoms with Gasteiger partial charge in [0.25, 0.3) is 0 Å². The standard InChI is InChI=1S/C14H23ClO3/c1-13(2)5-8-4-9(7-16)14(3,10(17)6-15)11(8)12(13)18/h4,8,10-12,16-18H,5-7H2,1-3H3/t8-,10?,11-,12+,14+/m0/s1. The van der Waals surface area contributed by atoms with Crippen LogP contribution in [0.4, 0.5) is 0 Å². The van der Waals surface area contributed by atoms with Crippen molar-refractivity contribution in [3.8, 4) is 0 Å². The fourth-order valence-electron chi connectivity index (χ4n) is 3.98. The fourth-order valence-corrected chi connectivity index (χ4v) is 4.30. The van der Waals surface area contributed by atoms with Crippen LogP contribution in [0, 0.1) is 22.7 Å². The molecule has 1 saturated carbocycles. The number of hydrogen-bond acceptors (Lipinski definition) is 3. The maximum atomic E-state index is 10.6. The molecule has 0 aliphatic heterocycles. The van der Waals surface area contributed by atoms with Crippen LogP contribution in [0.25, 0.3) is 0 Å². The molecule has 0 heterocycles. The number of rotatable bonds is 3. The zero-order chi connectivity index (χ0) is 13.7. The smallest absolute Gasteiger partial charge is 0.0770 e. The second kappa shape index (κ2) is 4.48. The summed E-state index contributed by atoms with van der Waals surface area (Å²) in [6.07, 6.45) is 1.70. The second-order valence-corrected chi connectivity index (χ2v) is 6.94. The SMILES string of the molecule is CC1(C)C[C@@H]2C=C(CO)[C@](C)(C(O)CCl)[C@@H]2[C@H]1O. The third-order valence-electron chi connectivity index (χ3n) is 5.17. The van der Waals surface area contributed by atoms with Gasteiger partial charge < -0.3 is 15.3 Å². The molecular weight excluding hydrogens is 252 g/mol. The highest BCUT2D eigenvalue weighted by atomic mass is 35.5. The van der Waals surface area contributed by atoms with Crippen LogP contribution in [-0.2, 0) is 0 Å². The fraction of sp³-hybridized carbons (Fsp3) is 0.857. The number of alkyl halides is 1. The van der Waals surface area contributed by atoms with E-state index in [1.807, 2.05) is 13.0 Å². The second-order valence-electron chi connectivity index (χ2n) is 6.63. The maximum absolute atomic E-state index is 10.6. The van der Waals surface area contributed by atoms with Gasteiger partial charge >= 0.3 is 0 Å². The van der Waals surface area contributed by atoms with Gasteiger partial charge in [-0.3, -0.25) is 0 Å². The molecule has 0 amide bonds. The summed E-state index contributed by atoms with van der Waals surface area (Å²) < 4.78 is 0. The van der Waals surface area contributed by atoms with E-state index in [0.717, 1.165) is 12.0 Å². The Labute approximate surface area is 113 Å². The van der Waals surface area contributed by atoms with Gasteiger partial charge in [-0.15, -0.1) is 11.6 Å². The Bertz CT molecular complexity index is 366. The van der Waals surface area contributed by atoms with Crippen molar-refractivity contribution in [3.05, 3.63) is 11.6 Å². The van der Waals surface area contributed by atoms with Crippen molar-refractivity contribution in [1.29, 1.82) is 0 Å². The van der Waals surface area contributed by atoms with Crippen LogP contribution in [0.5, 0.6) is 0 Å². The highest BCUT2D eigenvalue weighted by Crippen LogP contribution is 2.60. The lowest BCUT2D eigenvalue weighted by Gasteiger charge is -2.41. The zero-order valence-electron chi connectivity index (χ0n) is 11.2. The largest absolute Gasteiger partial charge is 0.392 e. The lowest BCUT2D eigenvalue weighted by Crippen LogP contribution is -2.46. The molecule has 1 unspecified atom stereocenters. The first-order chi connectivity index (χ1) is 8.29. The molecule has 2 rings (SSSR count). The van der Waals surface area contributed by atoms with Crippen LogP contribution in [0.1, 0.15) is 27.2 Å². The van der Waals surface area contributed by atoms with Crippen LogP contribution >= 0.6 is 11.6 Å². The van der Waals surface area contributed by atoms with Crippen molar-refractivity contribution < 1.29 is 15.3 Å². The van der Waals surface area contributed by atoms with E-state index in [2.05, 4.69) is 13.8 Å². The Kier molecular flexibility index (Phi) is 3.56. The van der Waals surface area contributed by atoms with Gasteiger partial charge in [0, 0.05) is 17.2 Å². The third kappa shape index (κ3) is 1.75. The molecule has 1 fully saturated rings. The van der Waals surface area contributed by atoms with Crippen molar-refractivity contribution in [3.63, 3.8) is 0 Å². The van der Waals surface area contributed by atoms with Crippen LogP contribution in [-0.4, -0.2) is 40.0 Å². The van der Waals surface area contributed by atoms with Crippen molar-refractivity contribution in [2.75, 3.05) is 12.5 Å². The Morgan fingerprint density at radius 3 is 2.56 bits per heavy atom. The molecule has 5 atom stereocenters. The average Bonchev–Trinajstić information content (AvgIpc) is 2.71. The average molecular weight is 275 g/mol. The lowest BCUT2D eigenvalue weighted by molar-refractivity contribution is -0.0412. The van der Waals surface area contributed by atoms with Gasteiger partial charge in [-0.2, -0.15) is 0 Å². The zero-order valence-corrected chi connectivity index (χ0v) is 12.0. The first-order valence-electron chi connectivity index (χ1n) is 6.53. The topological polar surface area (TPSA) is 60.7 Å². The number of fused-ring (bicyclic) bond motifs is 1. The molecular formula is C14H23ClO3. The van der Waals surface area contributed by atoms with Crippen LogP contribution in [0.2, 0.25) is 0 Å². The summed E-state index contributed by atoms with van der Waals surface area (Å²) in [6.45, 7) is 5.94. The molecule has 0 spiro atoms. The van der Waals surface area contributed by atoms with Crippen LogP contribution < -0.4 is 0 Å². The summed E-state index contributed by atoms with van der Waals surface area (Å²) in [6, 6.07) is 0. The molecule has 18 heavy (non-hydrogen) atoms. The molecule has 0 saturated heterocycles. The van der Waals surface area contributed by atoms with Gasteiger partial charge in [-0.25, -0.2) is 0 Å². The summed E-state index contributed by atoms with van der Waals surface area (Å²) >= 11 is 5.81. The van der Waals surface area contributed by atoms with E-state index in [9.17, 15) is 15.3 Å². The summed E-state index contributed by atoms with van der Waals surface area (Å²) in [4.78, 5) is 0. The molecule has 3 nitrogen and oxygen atoms in total. The number of hydrogen-bond donors (Lipinski definition) is 3. The van der Waals surface area contributed by atoms with E-state index in [0.29, 0.717) is 0 Å². The number of halogens is 1. The van der Waals surface area contributed by atoms with Crippen LogP contribution in [0.15, 0.2) is 11.6 Å². The van der Waals surface area contributed by atoms with Gasteiger partial charge in [0.05, 0.1) is 18.8 Å². The van der Waals surface area contributed by atoms with Crippen molar-refractivity contribution in [1.82, 2.24) is 0 Å². The third-order valence-corrected chi connectivity index (χ3v) is 5.46. The molecule has 0 aromatic heterocycles. The minimum absolute atomic E-state index is 0.0524. The molecule has 2 aliphatic rings. The van der Waals surface area contributed by atoms with E-state index in [-0.39, 0.29) is 29.7 Å². The van der Waals surface area contributed by atoms with Gasteiger partial charge in [-0.05, 0) is 23.3 Å². The van der Waals surface area contributed by atoms with Crippen molar-refractivity contribution in [2.45, 2.75) is 39.4 Å². The van der Waals surface area contributed by atoms with E-state index >= 15 is 0 Å². The van der Waals surface area contributed by atoms with E-state index in [4.69, 9.17) is 11.6 Å². The van der Waals surface area contributed by atoms with Crippen LogP contribution in [0.3, 0.4) is 0 Å². The Balaban J connectivity index is 2.42. The van der Waals surface area contributed by atoms with E-state index < -0.39 is 17.6 Å². The summed E-state index contributed by atoms with van der Waals surface area (Å²) in [5.41, 5.74) is 0.0502. The Morgan fingerprint density at radius 1 is 1.44 bits per heavy atom. The highest BCUT2D eigenvalue weighted by Gasteiger charge is 2.60. The molecule has 3 N–H and O–H groups in total. The monoisotopic (exact) mass is 274 g/mol.